The fraction of sp³-hybridized carbons (Fsp3) is 0.538. The van der Waals surface area contributed by atoms with Gasteiger partial charge in [-0.1, -0.05) is 15.9 Å². The summed E-state index contributed by atoms with van der Waals surface area (Å²) in [5.74, 6) is 1.19. The Morgan fingerprint density at radius 1 is 1.53 bits per heavy atom. The molecule has 1 aromatic rings. The Kier molecular flexibility index (Phi) is 3.94. The van der Waals surface area contributed by atoms with Crippen LogP contribution in [0, 0.1) is 6.92 Å². The predicted octanol–water partition coefficient (Wildman–Crippen LogP) is 2.94. The van der Waals surface area contributed by atoms with Crippen LogP contribution in [-0.2, 0) is 0 Å². The van der Waals surface area contributed by atoms with E-state index in [9.17, 15) is 5.11 Å². The molecule has 0 radical (unpaired) electrons. The van der Waals surface area contributed by atoms with Crippen LogP contribution >= 0.6 is 15.9 Å². The summed E-state index contributed by atoms with van der Waals surface area (Å²) in [6, 6.07) is 1.86. The summed E-state index contributed by atoms with van der Waals surface area (Å²) in [5.41, 5.74) is 2.08. The number of aromatic hydroxyl groups is 1. The zero-order chi connectivity index (χ0) is 12.4. The van der Waals surface area contributed by atoms with Gasteiger partial charge in [-0.2, -0.15) is 0 Å². The van der Waals surface area contributed by atoms with Crippen LogP contribution in [-0.4, -0.2) is 25.3 Å². The molecule has 17 heavy (non-hydrogen) atoms. The predicted molar refractivity (Wildman–Crippen MR) is 71.9 cm³/mol. The number of ether oxygens (including phenoxy) is 1. The number of benzene rings is 1. The molecule has 1 aromatic carbocycles. The average molecular weight is 300 g/mol. The quantitative estimate of drug-likeness (QED) is 0.882. The Morgan fingerprint density at radius 2 is 2.29 bits per heavy atom. The lowest BCUT2D eigenvalue weighted by Gasteiger charge is -2.26. The number of methoxy groups -OCH3 is 1. The second-order valence-electron chi connectivity index (χ2n) is 4.52. The maximum Gasteiger partial charge on any atom is 0.162 e. The molecular formula is C13H18BrNO2. The summed E-state index contributed by atoms with van der Waals surface area (Å²) in [6.45, 7) is 4.00. The first-order valence-electron chi connectivity index (χ1n) is 5.91. The first kappa shape index (κ1) is 12.7. The van der Waals surface area contributed by atoms with Gasteiger partial charge < -0.3 is 15.2 Å². The van der Waals surface area contributed by atoms with Crippen LogP contribution in [0.25, 0.3) is 0 Å². The second kappa shape index (κ2) is 5.27. The van der Waals surface area contributed by atoms with Gasteiger partial charge in [0.2, 0.25) is 0 Å². The van der Waals surface area contributed by atoms with E-state index in [0.717, 1.165) is 41.5 Å². The molecule has 0 amide bonds. The summed E-state index contributed by atoms with van der Waals surface area (Å²) >= 11 is 3.59. The highest BCUT2D eigenvalue weighted by Crippen LogP contribution is 2.43. The van der Waals surface area contributed by atoms with Gasteiger partial charge in [-0.15, -0.1) is 0 Å². The van der Waals surface area contributed by atoms with Gasteiger partial charge in [-0.05, 0) is 37.9 Å². The van der Waals surface area contributed by atoms with Gasteiger partial charge in [0, 0.05) is 22.5 Å². The number of hydrogen-bond acceptors (Lipinski definition) is 3. The van der Waals surface area contributed by atoms with Crippen LogP contribution < -0.4 is 10.1 Å². The number of rotatable bonds is 2. The molecule has 0 saturated carbocycles. The van der Waals surface area contributed by atoms with Crippen molar-refractivity contribution in [3.05, 3.63) is 21.7 Å². The first-order chi connectivity index (χ1) is 8.15. The first-order valence-corrected chi connectivity index (χ1v) is 6.71. The summed E-state index contributed by atoms with van der Waals surface area (Å²) < 4.78 is 6.23. The Morgan fingerprint density at radius 3 is 2.88 bits per heavy atom. The molecule has 2 N–H and O–H groups in total. The molecule has 1 fully saturated rings. The van der Waals surface area contributed by atoms with E-state index in [1.165, 1.54) is 0 Å². The fourth-order valence-electron chi connectivity index (χ4n) is 2.40. The van der Waals surface area contributed by atoms with E-state index in [-0.39, 0.29) is 5.75 Å². The zero-order valence-electron chi connectivity index (χ0n) is 10.2. The number of hydrogen-bond donors (Lipinski definition) is 2. The maximum absolute atomic E-state index is 10.3. The van der Waals surface area contributed by atoms with Gasteiger partial charge in [0.05, 0.1) is 7.11 Å². The normalized spacial score (nSPS) is 20.3. The maximum atomic E-state index is 10.3. The molecule has 3 nitrogen and oxygen atoms in total. The highest BCUT2D eigenvalue weighted by molar-refractivity contribution is 9.10. The van der Waals surface area contributed by atoms with Crippen molar-refractivity contribution in [1.82, 2.24) is 5.32 Å². The molecule has 1 unspecified atom stereocenters. The van der Waals surface area contributed by atoms with Crippen molar-refractivity contribution in [1.29, 1.82) is 0 Å². The topological polar surface area (TPSA) is 41.5 Å². The molecule has 4 heteroatoms. The van der Waals surface area contributed by atoms with Crippen LogP contribution in [0.1, 0.15) is 29.9 Å². The largest absolute Gasteiger partial charge is 0.504 e. The number of aryl methyl sites for hydroxylation is 1. The molecule has 0 aliphatic carbocycles. The van der Waals surface area contributed by atoms with Gasteiger partial charge in [-0.25, -0.2) is 0 Å². The molecular weight excluding hydrogens is 282 g/mol. The van der Waals surface area contributed by atoms with Crippen molar-refractivity contribution in [2.24, 2.45) is 0 Å². The Labute approximate surface area is 110 Å². The van der Waals surface area contributed by atoms with E-state index >= 15 is 0 Å². The molecule has 1 atom stereocenters. The smallest absolute Gasteiger partial charge is 0.162 e. The van der Waals surface area contributed by atoms with Crippen molar-refractivity contribution in [2.75, 3.05) is 20.2 Å². The summed E-state index contributed by atoms with van der Waals surface area (Å²) in [6.07, 6.45) is 2.25. The van der Waals surface area contributed by atoms with Crippen molar-refractivity contribution in [2.45, 2.75) is 25.7 Å². The lowest BCUT2D eigenvalue weighted by Crippen LogP contribution is -2.28. The number of phenolic OH excluding ortho intramolecular Hbond substituents is 1. The molecule has 1 saturated heterocycles. The Bertz CT molecular complexity index is 414. The lowest BCUT2D eigenvalue weighted by atomic mass is 9.89. The van der Waals surface area contributed by atoms with Crippen LogP contribution in [0.2, 0.25) is 0 Å². The standard InChI is InChI=1S/C13H18BrNO2/c1-8-6-10(17-2)13(16)11(12(8)14)9-4-3-5-15-7-9/h6,9,15-16H,3-5,7H2,1-2H3. The van der Waals surface area contributed by atoms with Crippen molar-refractivity contribution in [3.63, 3.8) is 0 Å². The fourth-order valence-corrected chi connectivity index (χ4v) is 3.03. The Hall–Kier alpha value is -0.740. The Balaban J connectivity index is 2.46. The number of piperidine rings is 1. The van der Waals surface area contributed by atoms with E-state index < -0.39 is 0 Å². The van der Waals surface area contributed by atoms with Crippen LogP contribution in [0.5, 0.6) is 11.5 Å². The molecule has 0 aromatic heterocycles. The summed E-state index contributed by atoms with van der Waals surface area (Å²) in [5, 5.41) is 13.6. The molecule has 1 aliphatic rings. The number of nitrogens with one attached hydrogen (secondary N) is 1. The highest BCUT2D eigenvalue weighted by atomic mass is 79.9. The SMILES string of the molecule is COc1cc(C)c(Br)c(C2CCCNC2)c1O. The monoisotopic (exact) mass is 299 g/mol. The second-order valence-corrected chi connectivity index (χ2v) is 5.31. The summed E-state index contributed by atoms with van der Waals surface area (Å²) in [4.78, 5) is 0. The molecule has 1 heterocycles. The van der Waals surface area contributed by atoms with Crippen molar-refractivity contribution < 1.29 is 9.84 Å². The zero-order valence-corrected chi connectivity index (χ0v) is 11.8. The highest BCUT2D eigenvalue weighted by Gasteiger charge is 2.24. The minimum atomic E-state index is 0.277. The van der Waals surface area contributed by atoms with E-state index in [2.05, 4.69) is 21.2 Å². The van der Waals surface area contributed by atoms with E-state index in [1.807, 2.05) is 13.0 Å². The van der Waals surface area contributed by atoms with Gasteiger partial charge in [-0.3, -0.25) is 0 Å². The third-order valence-electron chi connectivity index (χ3n) is 3.34. The van der Waals surface area contributed by atoms with Gasteiger partial charge in [0.15, 0.2) is 11.5 Å². The third-order valence-corrected chi connectivity index (χ3v) is 4.40. The van der Waals surface area contributed by atoms with Gasteiger partial charge >= 0.3 is 0 Å². The van der Waals surface area contributed by atoms with Gasteiger partial charge in [0.1, 0.15) is 0 Å². The van der Waals surface area contributed by atoms with Gasteiger partial charge in [0.25, 0.3) is 0 Å². The van der Waals surface area contributed by atoms with Crippen LogP contribution in [0.3, 0.4) is 0 Å². The van der Waals surface area contributed by atoms with Crippen LogP contribution in [0.15, 0.2) is 10.5 Å². The van der Waals surface area contributed by atoms with Crippen LogP contribution in [0.4, 0.5) is 0 Å². The average Bonchev–Trinajstić information content (AvgIpc) is 2.35. The molecule has 2 rings (SSSR count). The lowest BCUT2D eigenvalue weighted by molar-refractivity contribution is 0.362. The van der Waals surface area contributed by atoms with E-state index in [0.29, 0.717) is 11.7 Å². The van der Waals surface area contributed by atoms with Crippen molar-refractivity contribution >= 4 is 15.9 Å². The van der Waals surface area contributed by atoms with E-state index in [1.54, 1.807) is 7.11 Å². The minimum absolute atomic E-state index is 0.277. The van der Waals surface area contributed by atoms with E-state index in [4.69, 9.17) is 4.74 Å². The molecule has 94 valence electrons. The molecule has 1 aliphatic heterocycles. The summed E-state index contributed by atoms with van der Waals surface area (Å²) in [7, 11) is 1.59. The van der Waals surface area contributed by atoms with Crippen molar-refractivity contribution in [3.8, 4) is 11.5 Å². The molecule has 0 spiro atoms. The molecule has 0 bridgehead atoms. The third kappa shape index (κ3) is 2.43. The minimum Gasteiger partial charge on any atom is -0.504 e. The number of phenols is 1. The number of halogens is 1.